The van der Waals surface area contributed by atoms with Crippen LogP contribution in [-0.4, -0.2) is 32.5 Å². The average Bonchev–Trinajstić information content (AvgIpc) is 3.37. The number of hydrogen-bond acceptors (Lipinski definition) is 4. The highest BCUT2D eigenvalue weighted by molar-refractivity contribution is 9.10. The first-order valence-electron chi connectivity index (χ1n) is 9.27. The van der Waals surface area contributed by atoms with E-state index in [-0.39, 0.29) is 11.4 Å². The maximum atomic E-state index is 12.6. The minimum absolute atomic E-state index is 0.0366. The molecule has 2 N–H and O–H groups in total. The van der Waals surface area contributed by atoms with Crippen LogP contribution in [0, 0.1) is 0 Å². The molecule has 0 radical (unpaired) electrons. The number of nitrogens with zero attached hydrogens (tertiary/aromatic N) is 3. The minimum Gasteiger partial charge on any atom is -0.435 e. The van der Waals surface area contributed by atoms with Gasteiger partial charge in [-0.2, -0.15) is 19.0 Å². The number of H-pyrrole nitrogens is 1. The Bertz CT molecular complexity index is 1240. The molecule has 0 bridgehead atoms. The van der Waals surface area contributed by atoms with E-state index in [4.69, 9.17) is 11.6 Å². The number of nitrogens with one attached hydrogen (secondary N) is 2. The molecule has 0 aliphatic heterocycles. The second-order valence-electron chi connectivity index (χ2n) is 6.64. The van der Waals surface area contributed by atoms with Crippen LogP contribution in [0.25, 0.3) is 11.3 Å². The summed E-state index contributed by atoms with van der Waals surface area (Å²) < 4.78 is 31.1. The number of amides is 1. The van der Waals surface area contributed by atoms with E-state index in [1.165, 1.54) is 12.1 Å². The van der Waals surface area contributed by atoms with Crippen LogP contribution in [0.15, 0.2) is 65.3 Å². The summed E-state index contributed by atoms with van der Waals surface area (Å²) in [5, 5.41) is 14.5. The van der Waals surface area contributed by atoms with Crippen LogP contribution in [-0.2, 0) is 6.54 Å². The number of aromatic amines is 1. The van der Waals surface area contributed by atoms with Crippen LogP contribution in [0.1, 0.15) is 16.1 Å². The molecule has 2 heterocycles. The number of ether oxygens (including phenoxy) is 1. The summed E-state index contributed by atoms with van der Waals surface area (Å²) >= 11 is 9.59. The molecule has 0 saturated heterocycles. The second-order valence-corrected chi connectivity index (χ2v) is 7.90. The Balaban J connectivity index is 1.44. The zero-order valence-electron chi connectivity index (χ0n) is 16.2. The van der Waals surface area contributed by atoms with Gasteiger partial charge in [-0.25, -0.2) is 0 Å². The lowest BCUT2D eigenvalue weighted by molar-refractivity contribution is -0.0498. The number of aromatic nitrogens is 4. The molecule has 32 heavy (non-hydrogen) atoms. The zero-order chi connectivity index (χ0) is 22.7. The van der Waals surface area contributed by atoms with Gasteiger partial charge in [-0.05, 0) is 57.9 Å². The summed E-state index contributed by atoms with van der Waals surface area (Å²) in [5.74, 6) is -0.0636. The molecule has 0 spiro atoms. The van der Waals surface area contributed by atoms with Crippen LogP contribution in [0.2, 0.25) is 5.02 Å². The summed E-state index contributed by atoms with van der Waals surface area (Å²) in [5.41, 5.74) is 2.21. The summed E-state index contributed by atoms with van der Waals surface area (Å²) in [6, 6.07) is 14.9. The molecule has 0 saturated carbocycles. The average molecular weight is 523 g/mol. The maximum Gasteiger partial charge on any atom is 0.387 e. The maximum absolute atomic E-state index is 12.6. The molecule has 4 rings (SSSR count). The van der Waals surface area contributed by atoms with Crippen molar-refractivity contribution in [1.82, 2.24) is 20.0 Å². The summed E-state index contributed by atoms with van der Waals surface area (Å²) in [7, 11) is 0. The van der Waals surface area contributed by atoms with Gasteiger partial charge in [0.15, 0.2) is 5.82 Å². The highest BCUT2D eigenvalue weighted by Gasteiger charge is 2.16. The smallest absolute Gasteiger partial charge is 0.387 e. The van der Waals surface area contributed by atoms with Crippen molar-refractivity contribution >= 4 is 39.3 Å². The van der Waals surface area contributed by atoms with Gasteiger partial charge in [-0.15, -0.1) is 0 Å². The normalized spacial score (nSPS) is 11.0. The summed E-state index contributed by atoms with van der Waals surface area (Å²) in [4.78, 5) is 12.6. The monoisotopic (exact) mass is 521 g/mol. The molecule has 0 atom stereocenters. The van der Waals surface area contributed by atoms with E-state index >= 15 is 0 Å². The number of alkyl halides is 2. The van der Waals surface area contributed by atoms with Crippen molar-refractivity contribution < 1.29 is 18.3 Å². The third-order valence-corrected chi connectivity index (χ3v) is 5.39. The van der Waals surface area contributed by atoms with Crippen molar-refractivity contribution in [2.45, 2.75) is 13.2 Å². The van der Waals surface area contributed by atoms with Gasteiger partial charge >= 0.3 is 6.61 Å². The third kappa shape index (κ3) is 5.14. The molecular formula is C21H15BrClF2N5O2. The van der Waals surface area contributed by atoms with Crippen LogP contribution in [0.3, 0.4) is 0 Å². The van der Waals surface area contributed by atoms with Crippen molar-refractivity contribution in [3.8, 4) is 17.0 Å². The molecule has 0 unspecified atom stereocenters. The van der Waals surface area contributed by atoms with Crippen LogP contribution in [0.4, 0.5) is 14.6 Å². The molecule has 4 aromatic rings. The number of anilines is 1. The molecule has 11 heteroatoms. The van der Waals surface area contributed by atoms with E-state index in [0.717, 1.165) is 5.56 Å². The number of carbonyl (C=O) groups is 1. The van der Waals surface area contributed by atoms with E-state index in [1.54, 1.807) is 35.1 Å². The second kappa shape index (κ2) is 9.49. The Labute approximate surface area is 194 Å². The predicted octanol–water partition coefficient (Wildman–Crippen LogP) is 5.59. The van der Waals surface area contributed by atoms with Gasteiger partial charge in [-0.3, -0.25) is 14.6 Å². The predicted molar refractivity (Wildman–Crippen MR) is 119 cm³/mol. The Morgan fingerprint density at radius 1 is 1.22 bits per heavy atom. The summed E-state index contributed by atoms with van der Waals surface area (Å²) in [6.07, 6.45) is 1.74. The fourth-order valence-corrected chi connectivity index (χ4v) is 3.54. The topological polar surface area (TPSA) is 84.8 Å². The first kappa shape index (κ1) is 22.0. The van der Waals surface area contributed by atoms with Crippen molar-refractivity contribution in [2.24, 2.45) is 0 Å². The lowest BCUT2D eigenvalue weighted by Gasteiger charge is -2.04. The number of halogens is 4. The van der Waals surface area contributed by atoms with Gasteiger partial charge in [0.25, 0.3) is 5.91 Å². The Morgan fingerprint density at radius 3 is 2.69 bits per heavy atom. The Morgan fingerprint density at radius 2 is 1.97 bits per heavy atom. The lowest BCUT2D eigenvalue weighted by atomic mass is 10.1. The third-order valence-electron chi connectivity index (χ3n) is 4.44. The first-order chi connectivity index (χ1) is 15.4. The quantitative estimate of drug-likeness (QED) is 0.331. The van der Waals surface area contributed by atoms with Gasteiger partial charge in [-0.1, -0.05) is 29.8 Å². The van der Waals surface area contributed by atoms with Crippen molar-refractivity contribution in [2.75, 3.05) is 5.32 Å². The lowest BCUT2D eigenvalue weighted by Crippen LogP contribution is -2.13. The molecular weight excluding hydrogens is 508 g/mol. The number of hydrogen-bond donors (Lipinski definition) is 2. The largest absolute Gasteiger partial charge is 0.435 e. The molecule has 7 nitrogen and oxygen atoms in total. The number of benzene rings is 2. The Hall–Kier alpha value is -3.24. The standard InChI is InChI=1S/C21H15BrClF2N5O2/c22-15-11-30(10-13-3-1-2-4-16(13)23)29-19(15)26-20(31)18-9-17(27-28-18)12-5-7-14(8-6-12)32-21(24)25/h1-9,11,21H,10H2,(H,27,28)(H,26,29,31). The first-order valence-corrected chi connectivity index (χ1v) is 10.4. The van der Waals surface area contributed by atoms with Crippen molar-refractivity contribution in [1.29, 1.82) is 0 Å². The molecule has 0 aliphatic rings. The fourth-order valence-electron chi connectivity index (χ4n) is 2.93. The fraction of sp³-hybridized carbons (Fsp3) is 0.0952. The van der Waals surface area contributed by atoms with Crippen LogP contribution >= 0.6 is 27.5 Å². The van der Waals surface area contributed by atoms with Crippen molar-refractivity contribution in [3.05, 3.63) is 81.5 Å². The molecule has 1 amide bonds. The molecule has 2 aromatic heterocycles. The van der Waals surface area contributed by atoms with Crippen LogP contribution < -0.4 is 10.1 Å². The van der Waals surface area contributed by atoms with Gasteiger partial charge in [0, 0.05) is 16.8 Å². The SMILES string of the molecule is O=C(Nc1nn(Cc2ccccc2Cl)cc1Br)c1cc(-c2ccc(OC(F)F)cc2)n[nH]1. The van der Waals surface area contributed by atoms with E-state index in [9.17, 15) is 13.6 Å². The highest BCUT2D eigenvalue weighted by Crippen LogP contribution is 2.25. The minimum atomic E-state index is -2.89. The molecule has 2 aromatic carbocycles. The summed E-state index contributed by atoms with van der Waals surface area (Å²) in [6.45, 7) is -2.46. The van der Waals surface area contributed by atoms with Gasteiger partial charge in [0.05, 0.1) is 16.7 Å². The van der Waals surface area contributed by atoms with E-state index in [1.807, 2.05) is 18.2 Å². The van der Waals surface area contributed by atoms with Crippen LogP contribution in [0.5, 0.6) is 5.75 Å². The van der Waals surface area contributed by atoms with Gasteiger partial charge < -0.3 is 10.1 Å². The molecule has 0 fully saturated rings. The van der Waals surface area contributed by atoms with Gasteiger partial charge in [0.2, 0.25) is 0 Å². The van der Waals surface area contributed by atoms with Gasteiger partial charge in [0.1, 0.15) is 11.4 Å². The highest BCUT2D eigenvalue weighted by atomic mass is 79.9. The number of rotatable bonds is 7. The molecule has 0 aliphatic carbocycles. The van der Waals surface area contributed by atoms with E-state index in [0.29, 0.717) is 33.1 Å². The van der Waals surface area contributed by atoms with Crippen molar-refractivity contribution in [3.63, 3.8) is 0 Å². The molecule has 164 valence electrons. The number of carbonyl (C=O) groups excluding carboxylic acids is 1. The zero-order valence-corrected chi connectivity index (χ0v) is 18.6. The Kier molecular flexibility index (Phi) is 6.52. The van der Waals surface area contributed by atoms with E-state index in [2.05, 4.69) is 41.3 Å². The van der Waals surface area contributed by atoms with E-state index < -0.39 is 12.5 Å².